The van der Waals surface area contributed by atoms with E-state index in [1.165, 1.54) is 0 Å². The Kier molecular flexibility index (Phi) is 6.16. The van der Waals surface area contributed by atoms with Gasteiger partial charge in [0.1, 0.15) is 5.75 Å². The normalized spacial score (nSPS) is 12.0. The molecule has 0 fully saturated rings. The summed E-state index contributed by atoms with van der Waals surface area (Å²) in [6, 6.07) is 11.4. The molecule has 0 heterocycles. The van der Waals surface area contributed by atoms with Gasteiger partial charge in [0.25, 0.3) is 0 Å². The molecular formula is C16H15F3O5. The molecule has 24 heavy (non-hydrogen) atoms. The number of aliphatic carboxylic acids is 2. The predicted molar refractivity (Wildman–Crippen MR) is 80.2 cm³/mol. The molecule has 2 rings (SSSR count). The minimum Gasteiger partial charge on any atom is -0.497 e. The van der Waals surface area contributed by atoms with E-state index in [0.717, 1.165) is 22.1 Å². The molecule has 0 unspecified atom stereocenters. The number of carboxylic acids is 2. The van der Waals surface area contributed by atoms with Crippen LogP contribution in [0.25, 0.3) is 10.8 Å². The van der Waals surface area contributed by atoms with E-state index < -0.39 is 24.0 Å². The molecule has 0 amide bonds. The van der Waals surface area contributed by atoms with E-state index in [1.807, 2.05) is 36.4 Å². The van der Waals surface area contributed by atoms with Crippen molar-refractivity contribution in [3.63, 3.8) is 0 Å². The smallest absolute Gasteiger partial charge is 0.490 e. The highest BCUT2D eigenvalue weighted by Gasteiger charge is 2.38. The Hall–Kier alpha value is -2.77. The fraction of sp³-hybridized carbons (Fsp3) is 0.250. The van der Waals surface area contributed by atoms with Crippen molar-refractivity contribution < 1.29 is 37.7 Å². The summed E-state index contributed by atoms with van der Waals surface area (Å²) in [5, 5.41) is 18.2. The Morgan fingerprint density at radius 2 is 1.54 bits per heavy atom. The SMILES string of the molecule is COc1ccc2cc([C@H](C)C(=O)O)ccc2c1.O=C(O)C(F)(F)F. The van der Waals surface area contributed by atoms with E-state index in [1.54, 1.807) is 14.0 Å². The molecule has 0 aliphatic heterocycles. The highest BCUT2D eigenvalue weighted by molar-refractivity contribution is 5.86. The molecule has 0 spiro atoms. The van der Waals surface area contributed by atoms with Gasteiger partial charge in [-0.05, 0) is 35.4 Å². The number of halogens is 3. The van der Waals surface area contributed by atoms with Crippen LogP contribution in [0.3, 0.4) is 0 Å². The lowest BCUT2D eigenvalue weighted by atomic mass is 9.98. The average molecular weight is 344 g/mol. The van der Waals surface area contributed by atoms with Crippen molar-refractivity contribution in [2.24, 2.45) is 0 Å². The standard InChI is InChI=1S/C14H14O3.C2HF3O2/c1-9(14(15)16)10-3-4-12-8-13(17-2)6-5-11(12)7-10;3-2(4,5)1(6)7/h3-9H,1-2H3,(H,15,16);(H,6,7)/t9-;/m0./s1. The molecule has 0 aliphatic rings. The molecule has 2 aromatic rings. The summed E-state index contributed by atoms with van der Waals surface area (Å²) in [6.07, 6.45) is -5.08. The largest absolute Gasteiger partial charge is 0.497 e. The van der Waals surface area contributed by atoms with Crippen LogP contribution >= 0.6 is 0 Å². The van der Waals surface area contributed by atoms with Crippen LogP contribution in [0.15, 0.2) is 36.4 Å². The Labute approximate surface area is 135 Å². The number of fused-ring (bicyclic) bond motifs is 1. The number of methoxy groups -OCH3 is 1. The molecule has 8 heteroatoms. The van der Waals surface area contributed by atoms with Crippen LogP contribution in [0, 0.1) is 0 Å². The van der Waals surface area contributed by atoms with Gasteiger partial charge in [-0.15, -0.1) is 0 Å². The van der Waals surface area contributed by atoms with Crippen LogP contribution in [0.1, 0.15) is 18.4 Å². The third-order valence-electron chi connectivity index (χ3n) is 3.18. The second-order valence-electron chi connectivity index (χ2n) is 4.84. The zero-order chi connectivity index (χ0) is 18.5. The second kappa shape index (κ2) is 7.67. The van der Waals surface area contributed by atoms with Gasteiger partial charge in [-0.3, -0.25) is 4.79 Å². The van der Waals surface area contributed by atoms with Crippen molar-refractivity contribution in [2.45, 2.75) is 19.0 Å². The molecule has 130 valence electrons. The summed E-state index contributed by atoms with van der Waals surface area (Å²) < 4.78 is 36.9. The number of carbonyl (C=O) groups is 2. The summed E-state index contributed by atoms with van der Waals surface area (Å²) in [5.74, 6) is -3.25. The molecule has 0 radical (unpaired) electrons. The minimum atomic E-state index is -5.08. The van der Waals surface area contributed by atoms with E-state index >= 15 is 0 Å². The quantitative estimate of drug-likeness (QED) is 0.887. The van der Waals surface area contributed by atoms with Gasteiger partial charge in [0, 0.05) is 0 Å². The molecule has 0 aliphatic carbocycles. The van der Waals surface area contributed by atoms with Crippen LogP contribution in [0.2, 0.25) is 0 Å². The van der Waals surface area contributed by atoms with Gasteiger partial charge in [-0.25, -0.2) is 4.79 Å². The molecule has 0 saturated heterocycles. The van der Waals surface area contributed by atoms with Crippen molar-refractivity contribution in [1.29, 1.82) is 0 Å². The molecule has 2 N–H and O–H groups in total. The first-order valence-electron chi connectivity index (χ1n) is 6.67. The summed E-state index contributed by atoms with van der Waals surface area (Å²) in [6.45, 7) is 1.69. The summed E-state index contributed by atoms with van der Waals surface area (Å²) in [7, 11) is 1.63. The zero-order valence-electron chi connectivity index (χ0n) is 12.8. The number of ether oxygens (including phenoxy) is 1. The first-order valence-corrected chi connectivity index (χ1v) is 6.67. The van der Waals surface area contributed by atoms with Crippen LogP contribution in [0.4, 0.5) is 13.2 Å². The molecular weight excluding hydrogens is 329 g/mol. The van der Waals surface area contributed by atoms with Crippen LogP contribution in [0.5, 0.6) is 5.75 Å². The molecule has 1 atom stereocenters. The topological polar surface area (TPSA) is 83.8 Å². The van der Waals surface area contributed by atoms with Gasteiger partial charge in [-0.1, -0.05) is 24.3 Å². The van der Waals surface area contributed by atoms with Crippen molar-refractivity contribution in [3.8, 4) is 5.75 Å². The molecule has 0 aromatic heterocycles. The Balaban J connectivity index is 0.000000351. The third kappa shape index (κ3) is 5.15. The van der Waals surface area contributed by atoms with Crippen LogP contribution in [-0.2, 0) is 9.59 Å². The van der Waals surface area contributed by atoms with Gasteiger partial charge in [0.05, 0.1) is 13.0 Å². The molecule has 0 saturated carbocycles. The van der Waals surface area contributed by atoms with Crippen molar-refractivity contribution in [1.82, 2.24) is 0 Å². The lowest BCUT2D eigenvalue weighted by molar-refractivity contribution is -0.192. The van der Waals surface area contributed by atoms with Crippen molar-refractivity contribution in [2.75, 3.05) is 7.11 Å². The fourth-order valence-electron chi connectivity index (χ4n) is 1.78. The van der Waals surface area contributed by atoms with Gasteiger partial charge in [-0.2, -0.15) is 13.2 Å². The van der Waals surface area contributed by atoms with Gasteiger partial charge >= 0.3 is 18.1 Å². The average Bonchev–Trinajstić information content (AvgIpc) is 2.52. The van der Waals surface area contributed by atoms with Gasteiger partial charge < -0.3 is 14.9 Å². The molecule has 2 aromatic carbocycles. The highest BCUT2D eigenvalue weighted by atomic mass is 19.4. The van der Waals surface area contributed by atoms with Gasteiger partial charge in [0.15, 0.2) is 0 Å². The highest BCUT2D eigenvalue weighted by Crippen LogP contribution is 2.25. The van der Waals surface area contributed by atoms with Crippen molar-refractivity contribution in [3.05, 3.63) is 42.0 Å². The number of hydrogen-bond acceptors (Lipinski definition) is 3. The van der Waals surface area contributed by atoms with E-state index in [9.17, 15) is 18.0 Å². The lowest BCUT2D eigenvalue weighted by Crippen LogP contribution is -2.21. The lowest BCUT2D eigenvalue weighted by Gasteiger charge is -2.08. The number of hydrogen-bond donors (Lipinski definition) is 2. The van der Waals surface area contributed by atoms with E-state index in [4.69, 9.17) is 19.7 Å². The van der Waals surface area contributed by atoms with E-state index in [-0.39, 0.29) is 0 Å². The minimum absolute atomic E-state index is 0.485. The number of rotatable bonds is 3. The van der Waals surface area contributed by atoms with E-state index in [0.29, 0.717) is 0 Å². The Bertz CT molecular complexity index is 740. The Morgan fingerprint density at radius 1 is 1.04 bits per heavy atom. The number of benzene rings is 2. The maximum absolute atomic E-state index is 10.9. The summed E-state index contributed by atoms with van der Waals surface area (Å²) >= 11 is 0. The number of alkyl halides is 3. The first kappa shape index (κ1) is 19.3. The van der Waals surface area contributed by atoms with Crippen molar-refractivity contribution >= 4 is 22.7 Å². The third-order valence-corrected chi connectivity index (χ3v) is 3.18. The van der Waals surface area contributed by atoms with Crippen LogP contribution in [-0.4, -0.2) is 35.4 Å². The van der Waals surface area contributed by atoms with Gasteiger partial charge in [0.2, 0.25) is 0 Å². The number of carboxylic acid groups (broad SMARTS) is 2. The first-order chi connectivity index (χ1) is 11.1. The summed E-state index contributed by atoms with van der Waals surface area (Å²) in [4.78, 5) is 19.8. The predicted octanol–water partition coefficient (Wildman–Crippen LogP) is 3.67. The van der Waals surface area contributed by atoms with Crippen LogP contribution < -0.4 is 4.74 Å². The maximum atomic E-state index is 10.9. The summed E-state index contributed by atoms with van der Waals surface area (Å²) in [5.41, 5.74) is 0.815. The molecule has 0 bridgehead atoms. The monoisotopic (exact) mass is 344 g/mol. The second-order valence-corrected chi connectivity index (χ2v) is 4.84. The Morgan fingerprint density at radius 3 is 2.00 bits per heavy atom. The zero-order valence-corrected chi connectivity index (χ0v) is 12.8. The maximum Gasteiger partial charge on any atom is 0.490 e. The molecule has 5 nitrogen and oxygen atoms in total. The van der Waals surface area contributed by atoms with E-state index in [2.05, 4.69) is 0 Å². The fourth-order valence-corrected chi connectivity index (χ4v) is 1.78.